The highest BCUT2D eigenvalue weighted by atomic mass is 35.5. The van der Waals surface area contributed by atoms with Crippen LogP contribution in [0.15, 0.2) is 42.5 Å². The first-order valence-corrected chi connectivity index (χ1v) is 8.58. The number of nitrogens with zero attached hydrogens (tertiary/aromatic N) is 2. The molecule has 0 saturated carbocycles. The molecule has 0 amide bonds. The average molecular weight is 357 g/mol. The third-order valence-electron chi connectivity index (χ3n) is 4.17. The number of aromatic hydroxyl groups is 1. The van der Waals surface area contributed by atoms with Gasteiger partial charge in [-0.05, 0) is 36.2 Å². The Morgan fingerprint density at radius 3 is 2.64 bits per heavy atom. The van der Waals surface area contributed by atoms with Gasteiger partial charge in [-0.1, -0.05) is 37.6 Å². The predicted octanol–water partition coefficient (Wildman–Crippen LogP) is 4.05. The lowest BCUT2D eigenvalue weighted by atomic mass is 10.1. The molecule has 6 heteroatoms. The Bertz CT molecular complexity index is 898. The Morgan fingerprint density at radius 1 is 1.16 bits per heavy atom. The number of aromatic nitrogens is 2. The van der Waals surface area contributed by atoms with Crippen molar-refractivity contribution < 1.29 is 5.11 Å². The van der Waals surface area contributed by atoms with E-state index >= 15 is 0 Å². The van der Waals surface area contributed by atoms with Crippen molar-refractivity contribution in [2.24, 2.45) is 11.7 Å². The highest BCUT2D eigenvalue weighted by molar-refractivity contribution is 6.30. The fourth-order valence-electron chi connectivity index (χ4n) is 2.48. The number of phenols is 1. The normalized spacial score (nSPS) is 12.5. The largest absolute Gasteiger partial charge is 0.507 e. The van der Waals surface area contributed by atoms with Crippen LogP contribution in [0.3, 0.4) is 0 Å². The molecule has 0 aliphatic carbocycles. The molecular formula is C19H21ClN4O. The van der Waals surface area contributed by atoms with Gasteiger partial charge < -0.3 is 16.2 Å². The van der Waals surface area contributed by atoms with Crippen LogP contribution in [-0.2, 0) is 0 Å². The molecule has 3 aromatic rings. The smallest absolute Gasteiger partial charge is 0.165 e. The molecule has 5 nitrogen and oxygen atoms in total. The summed E-state index contributed by atoms with van der Waals surface area (Å²) in [4.78, 5) is 9.19. The lowest BCUT2D eigenvalue weighted by molar-refractivity contribution is 0.477. The molecule has 0 spiro atoms. The zero-order chi connectivity index (χ0) is 18.0. The molecule has 25 heavy (non-hydrogen) atoms. The Kier molecular flexibility index (Phi) is 5.06. The molecule has 0 bridgehead atoms. The van der Waals surface area contributed by atoms with Gasteiger partial charge in [-0.15, -0.1) is 0 Å². The number of hydrogen-bond acceptors (Lipinski definition) is 5. The number of rotatable bonds is 5. The molecule has 0 unspecified atom stereocenters. The third-order valence-corrected chi connectivity index (χ3v) is 4.40. The maximum atomic E-state index is 10.2. The zero-order valence-electron chi connectivity index (χ0n) is 14.2. The van der Waals surface area contributed by atoms with E-state index < -0.39 is 0 Å². The first-order valence-electron chi connectivity index (χ1n) is 8.21. The van der Waals surface area contributed by atoms with Crippen LogP contribution >= 0.6 is 11.6 Å². The van der Waals surface area contributed by atoms with E-state index in [0.717, 1.165) is 10.9 Å². The molecule has 1 aromatic heterocycles. The van der Waals surface area contributed by atoms with E-state index in [1.165, 1.54) is 6.07 Å². The number of fused-ring (bicyclic) bond motifs is 1. The maximum absolute atomic E-state index is 10.2. The third kappa shape index (κ3) is 3.83. The molecule has 130 valence electrons. The second kappa shape index (κ2) is 7.25. The van der Waals surface area contributed by atoms with Crippen LogP contribution < -0.4 is 11.1 Å². The van der Waals surface area contributed by atoms with Gasteiger partial charge >= 0.3 is 0 Å². The van der Waals surface area contributed by atoms with Crippen LogP contribution in [0.5, 0.6) is 5.75 Å². The van der Waals surface area contributed by atoms with E-state index in [9.17, 15) is 5.11 Å². The molecule has 0 aliphatic rings. The van der Waals surface area contributed by atoms with Crippen molar-refractivity contribution in [1.29, 1.82) is 0 Å². The Balaban J connectivity index is 2.06. The van der Waals surface area contributed by atoms with E-state index in [0.29, 0.717) is 34.7 Å². The first-order chi connectivity index (χ1) is 12.0. The number of nitrogens with two attached hydrogens (primary N) is 1. The molecule has 0 aliphatic heterocycles. The summed E-state index contributed by atoms with van der Waals surface area (Å²) in [6.45, 7) is 4.77. The first kappa shape index (κ1) is 17.5. The predicted molar refractivity (Wildman–Crippen MR) is 103 cm³/mol. The second-order valence-corrected chi connectivity index (χ2v) is 6.80. The molecule has 1 atom stereocenters. The molecule has 0 fully saturated rings. The summed E-state index contributed by atoms with van der Waals surface area (Å²) in [6.07, 6.45) is 0. The fourth-order valence-corrected chi connectivity index (χ4v) is 2.64. The van der Waals surface area contributed by atoms with E-state index in [2.05, 4.69) is 29.1 Å². The number of anilines is 1. The number of benzene rings is 2. The standard InChI is InChI=1S/C19H21ClN4O/c1-11(2)15(21)10-22-18-13-5-3-4-6-16(13)23-19(24-18)14-8-7-12(20)9-17(14)25/h3-9,11,15,25H,10,21H2,1-2H3,(H,22,23,24)/t15-/m1/s1. The van der Waals surface area contributed by atoms with E-state index in [1.807, 2.05) is 24.3 Å². The fraction of sp³-hybridized carbons (Fsp3) is 0.263. The van der Waals surface area contributed by atoms with Gasteiger partial charge in [-0.3, -0.25) is 0 Å². The summed E-state index contributed by atoms with van der Waals surface area (Å²) in [5.41, 5.74) is 7.47. The summed E-state index contributed by atoms with van der Waals surface area (Å²) in [5.74, 6) is 1.55. The molecule has 4 N–H and O–H groups in total. The van der Waals surface area contributed by atoms with E-state index in [1.54, 1.807) is 12.1 Å². The Hall–Kier alpha value is -2.37. The number of phenolic OH excluding ortho intramolecular Hbond substituents is 1. The molecule has 0 radical (unpaired) electrons. The van der Waals surface area contributed by atoms with Crippen LogP contribution in [0.2, 0.25) is 5.02 Å². The van der Waals surface area contributed by atoms with Gasteiger partial charge in [-0.2, -0.15) is 0 Å². The van der Waals surface area contributed by atoms with Crippen molar-refractivity contribution in [3.63, 3.8) is 0 Å². The summed E-state index contributed by atoms with van der Waals surface area (Å²) in [5, 5.41) is 14.9. The summed E-state index contributed by atoms with van der Waals surface area (Å²) in [7, 11) is 0. The van der Waals surface area contributed by atoms with Crippen molar-refractivity contribution in [3.8, 4) is 17.1 Å². The van der Waals surface area contributed by atoms with Gasteiger partial charge in [0.1, 0.15) is 11.6 Å². The number of nitrogens with one attached hydrogen (secondary N) is 1. The van der Waals surface area contributed by atoms with Crippen molar-refractivity contribution in [2.45, 2.75) is 19.9 Å². The number of halogens is 1. The monoisotopic (exact) mass is 356 g/mol. The van der Waals surface area contributed by atoms with Gasteiger partial charge in [0, 0.05) is 23.0 Å². The summed E-state index contributed by atoms with van der Waals surface area (Å²) in [6, 6.07) is 12.7. The summed E-state index contributed by atoms with van der Waals surface area (Å²) < 4.78 is 0. The van der Waals surface area contributed by atoms with Crippen molar-refractivity contribution in [3.05, 3.63) is 47.5 Å². The SMILES string of the molecule is CC(C)[C@H](N)CNc1nc(-c2ccc(Cl)cc2O)nc2ccccc12. The highest BCUT2D eigenvalue weighted by Crippen LogP contribution is 2.32. The lowest BCUT2D eigenvalue weighted by Crippen LogP contribution is -2.34. The number of para-hydroxylation sites is 1. The Labute approximate surface area is 151 Å². The van der Waals surface area contributed by atoms with Crippen molar-refractivity contribution in [1.82, 2.24) is 9.97 Å². The van der Waals surface area contributed by atoms with Crippen LogP contribution in [0.1, 0.15) is 13.8 Å². The summed E-state index contributed by atoms with van der Waals surface area (Å²) >= 11 is 5.92. The van der Waals surface area contributed by atoms with Gasteiger partial charge in [-0.25, -0.2) is 9.97 Å². The van der Waals surface area contributed by atoms with Crippen molar-refractivity contribution >= 4 is 28.3 Å². The van der Waals surface area contributed by atoms with Gasteiger partial charge in [0.25, 0.3) is 0 Å². The van der Waals surface area contributed by atoms with Crippen LogP contribution in [0, 0.1) is 5.92 Å². The van der Waals surface area contributed by atoms with Crippen molar-refractivity contribution in [2.75, 3.05) is 11.9 Å². The van der Waals surface area contributed by atoms with Gasteiger partial charge in [0.05, 0.1) is 11.1 Å². The van der Waals surface area contributed by atoms with Crippen LogP contribution in [-0.4, -0.2) is 27.7 Å². The minimum Gasteiger partial charge on any atom is -0.507 e. The van der Waals surface area contributed by atoms with Gasteiger partial charge in [0.15, 0.2) is 5.82 Å². The topological polar surface area (TPSA) is 84.1 Å². The molecule has 1 heterocycles. The number of hydrogen-bond donors (Lipinski definition) is 3. The molecule has 3 rings (SSSR count). The lowest BCUT2D eigenvalue weighted by Gasteiger charge is -2.18. The van der Waals surface area contributed by atoms with Crippen LogP contribution in [0.25, 0.3) is 22.3 Å². The second-order valence-electron chi connectivity index (χ2n) is 6.36. The highest BCUT2D eigenvalue weighted by Gasteiger charge is 2.14. The maximum Gasteiger partial charge on any atom is 0.165 e. The Morgan fingerprint density at radius 2 is 1.92 bits per heavy atom. The van der Waals surface area contributed by atoms with E-state index in [-0.39, 0.29) is 11.8 Å². The molecular weight excluding hydrogens is 336 g/mol. The van der Waals surface area contributed by atoms with Crippen LogP contribution in [0.4, 0.5) is 5.82 Å². The minimum absolute atomic E-state index is 0.0149. The van der Waals surface area contributed by atoms with E-state index in [4.69, 9.17) is 17.3 Å². The zero-order valence-corrected chi connectivity index (χ0v) is 15.0. The van der Waals surface area contributed by atoms with Gasteiger partial charge in [0.2, 0.25) is 0 Å². The quantitative estimate of drug-likeness (QED) is 0.642. The molecule has 2 aromatic carbocycles. The molecule has 0 saturated heterocycles. The average Bonchev–Trinajstić information content (AvgIpc) is 2.59. The minimum atomic E-state index is 0.0149.